The van der Waals surface area contributed by atoms with Gasteiger partial charge in [0.1, 0.15) is 0 Å². The third-order valence-electron chi connectivity index (χ3n) is 3.25. The van der Waals surface area contributed by atoms with E-state index in [9.17, 15) is 5.11 Å². The van der Waals surface area contributed by atoms with Crippen molar-refractivity contribution in [3.63, 3.8) is 0 Å². The number of hydrogen-bond acceptors (Lipinski definition) is 2. The Labute approximate surface area is 89.8 Å². The van der Waals surface area contributed by atoms with E-state index in [1.54, 1.807) is 0 Å². The van der Waals surface area contributed by atoms with Crippen LogP contribution < -0.4 is 0 Å². The molecule has 0 aliphatic heterocycles. The summed E-state index contributed by atoms with van der Waals surface area (Å²) in [4.78, 5) is 0. The quantitative estimate of drug-likeness (QED) is 0.734. The molecule has 3 heteroatoms. The largest absolute Gasteiger partial charge is 0.412 e. The van der Waals surface area contributed by atoms with Crippen molar-refractivity contribution >= 4 is 8.32 Å². The predicted octanol–water partition coefficient (Wildman–Crippen LogP) is 3.17. The molecular weight excluding hydrogens is 192 g/mol. The van der Waals surface area contributed by atoms with Crippen LogP contribution >= 0.6 is 0 Å². The summed E-state index contributed by atoms with van der Waals surface area (Å²) in [6.07, 6.45) is 0.389. The molecule has 86 valence electrons. The smallest absolute Gasteiger partial charge is 0.192 e. The van der Waals surface area contributed by atoms with Crippen molar-refractivity contribution in [2.75, 3.05) is 0 Å². The summed E-state index contributed by atoms with van der Waals surface area (Å²) >= 11 is 0. The monoisotopic (exact) mass is 218 g/mol. The van der Waals surface area contributed by atoms with E-state index in [2.05, 4.69) is 33.9 Å². The van der Waals surface area contributed by atoms with Gasteiger partial charge < -0.3 is 9.53 Å². The molecule has 0 aromatic rings. The molecule has 0 spiro atoms. The van der Waals surface area contributed by atoms with Gasteiger partial charge in [0.05, 0.1) is 12.2 Å². The van der Waals surface area contributed by atoms with Crippen LogP contribution in [0.5, 0.6) is 0 Å². The second kappa shape index (κ2) is 4.77. The first-order valence-corrected chi connectivity index (χ1v) is 8.38. The first kappa shape index (κ1) is 14.1. The lowest BCUT2D eigenvalue weighted by molar-refractivity contribution is 0.0366. The SMILES string of the molecule is CCC(O)[C@H](C)O[Si](C)(C)C(C)(C)C. The van der Waals surface area contributed by atoms with Crippen LogP contribution in [0.1, 0.15) is 41.0 Å². The van der Waals surface area contributed by atoms with E-state index in [4.69, 9.17) is 4.43 Å². The summed E-state index contributed by atoms with van der Waals surface area (Å²) in [6, 6.07) is 0. The highest BCUT2D eigenvalue weighted by Crippen LogP contribution is 2.37. The van der Waals surface area contributed by atoms with Gasteiger partial charge in [-0.05, 0) is 31.5 Å². The lowest BCUT2D eigenvalue weighted by atomic mass is 10.2. The summed E-state index contributed by atoms with van der Waals surface area (Å²) in [5.74, 6) is 0. The molecule has 0 saturated heterocycles. The Kier molecular flexibility index (Phi) is 4.82. The van der Waals surface area contributed by atoms with E-state index in [0.29, 0.717) is 0 Å². The van der Waals surface area contributed by atoms with E-state index >= 15 is 0 Å². The van der Waals surface area contributed by atoms with Gasteiger partial charge in [0, 0.05) is 0 Å². The van der Waals surface area contributed by atoms with E-state index in [1.807, 2.05) is 13.8 Å². The number of aliphatic hydroxyl groups is 1. The molecule has 0 aliphatic carbocycles. The van der Waals surface area contributed by atoms with Gasteiger partial charge in [-0.2, -0.15) is 0 Å². The average molecular weight is 218 g/mol. The van der Waals surface area contributed by atoms with Gasteiger partial charge in [0.15, 0.2) is 8.32 Å². The fourth-order valence-corrected chi connectivity index (χ4v) is 2.49. The maximum Gasteiger partial charge on any atom is 0.192 e. The Morgan fingerprint density at radius 3 is 2.00 bits per heavy atom. The Bertz CT molecular complexity index is 173. The van der Waals surface area contributed by atoms with Crippen molar-refractivity contribution < 1.29 is 9.53 Å². The summed E-state index contributed by atoms with van der Waals surface area (Å²) < 4.78 is 6.04. The summed E-state index contributed by atoms with van der Waals surface area (Å²) in [5.41, 5.74) is 0. The third kappa shape index (κ3) is 3.71. The molecule has 0 radical (unpaired) electrons. The van der Waals surface area contributed by atoms with Crippen LogP contribution in [-0.4, -0.2) is 25.6 Å². The van der Waals surface area contributed by atoms with Gasteiger partial charge in [-0.1, -0.05) is 27.7 Å². The zero-order valence-electron chi connectivity index (χ0n) is 10.7. The average Bonchev–Trinajstić information content (AvgIpc) is 2.00. The first-order valence-electron chi connectivity index (χ1n) is 5.47. The zero-order chi connectivity index (χ0) is 11.6. The minimum absolute atomic E-state index is 0.0408. The molecule has 2 nitrogen and oxygen atoms in total. The molecule has 1 unspecified atom stereocenters. The molecule has 14 heavy (non-hydrogen) atoms. The molecule has 0 fully saturated rings. The van der Waals surface area contributed by atoms with Gasteiger partial charge in [0.2, 0.25) is 0 Å². The molecule has 0 bridgehead atoms. The van der Waals surface area contributed by atoms with Crippen molar-refractivity contribution in [2.24, 2.45) is 0 Å². The minimum atomic E-state index is -1.71. The lowest BCUT2D eigenvalue weighted by Gasteiger charge is -2.39. The summed E-state index contributed by atoms with van der Waals surface area (Å²) in [6.45, 7) is 15.0. The van der Waals surface area contributed by atoms with E-state index < -0.39 is 8.32 Å². The zero-order valence-corrected chi connectivity index (χ0v) is 11.7. The van der Waals surface area contributed by atoms with Crippen molar-refractivity contribution in [3.8, 4) is 0 Å². The maximum atomic E-state index is 9.65. The third-order valence-corrected chi connectivity index (χ3v) is 7.82. The summed E-state index contributed by atoms with van der Waals surface area (Å²) in [7, 11) is -1.71. The van der Waals surface area contributed by atoms with Gasteiger partial charge in [0.25, 0.3) is 0 Å². The molecule has 0 aliphatic rings. The topological polar surface area (TPSA) is 29.5 Å². The number of aliphatic hydroxyl groups excluding tert-OH is 1. The second-order valence-electron chi connectivity index (χ2n) is 5.56. The molecular formula is C11H26O2Si. The van der Waals surface area contributed by atoms with Crippen LogP contribution in [0.15, 0.2) is 0 Å². The van der Waals surface area contributed by atoms with Crippen molar-refractivity contribution in [1.82, 2.24) is 0 Å². The second-order valence-corrected chi connectivity index (χ2v) is 10.3. The van der Waals surface area contributed by atoms with Crippen molar-refractivity contribution in [2.45, 2.75) is 71.4 Å². The van der Waals surface area contributed by atoms with Crippen LogP contribution in [-0.2, 0) is 4.43 Å². The maximum absolute atomic E-state index is 9.65. The van der Waals surface area contributed by atoms with Crippen molar-refractivity contribution in [3.05, 3.63) is 0 Å². The molecule has 0 amide bonds. The molecule has 0 rings (SSSR count). The molecule has 0 heterocycles. The molecule has 0 saturated carbocycles. The van der Waals surface area contributed by atoms with E-state index in [-0.39, 0.29) is 17.2 Å². The Morgan fingerprint density at radius 2 is 1.71 bits per heavy atom. The van der Waals surface area contributed by atoms with Crippen LogP contribution in [0, 0.1) is 0 Å². The lowest BCUT2D eigenvalue weighted by Crippen LogP contribution is -2.46. The summed E-state index contributed by atoms with van der Waals surface area (Å²) in [5, 5.41) is 9.87. The molecule has 1 N–H and O–H groups in total. The van der Waals surface area contributed by atoms with E-state index in [1.165, 1.54) is 0 Å². The normalized spacial score (nSPS) is 18.0. The van der Waals surface area contributed by atoms with Crippen LogP contribution in [0.4, 0.5) is 0 Å². The fourth-order valence-electron chi connectivity index (χ4n) is 1.05. The standard InChI is InChI=1S/C11H26O2Si/c1-8-10(12)9(2)13-14(6,7)11(3,4)5/h9-10,12H,8H2,1-7H3/t9-,10?/m0/s1. The fraction of sp³-hybridized carbons (Fsp3) is 1.00. The van der Waals surface area contributed by atoms with Crippen LogP contribution in [0.2, 0.25) is 18.1 Å². The number of rotatable bonds is 4. The van der Waals surface area contributed by atoms with Gasteiger partial charge in [-0.3, -0.25) is 0 Å². The predicted molar refractivity (Wildman–Crippen MR) is 64.0 cm³/mol. The number of hydrogen-bond donors (Lipinski definition) is 1. The van der Waals surface area contributed by atoms with E-state index in [0.717, 1.165) is 6.42 Å². The van der Waals surface area contributed by atoms with Gasteiger partial charge in [-0.15, -0.1) is 0 Å². The minimum Gasteiger partial charge on any atom is -0.412 e. The Balaban J connectivity index is 4.36. The Hall–Kier alpha value is 0.137. The molecule has 0 aromatic carbocycles. The Morgan fingerprint density at radius 1 is 1.29 bits per heavy atom. The highest BCUT2D eigenvalue weighted by Gasteiger charge is 2.39. The highest BCUT2D eigenvalue weighted by atomic mass is 28.4. The molecule has 2 atom stereocenters. The van der Waals surface area contributed by atoms with Gasteiger partial charge in [-0.25, -0.2) is 0 Å². The van der Waals surface area contributed by atoms with Gasteiger partial charge >= 0.3 is 0 Å². The molecule has 0 aromatic heterocycles. The highest BCUT2D eigenvalue weighted by molar-refractivity contribution is 6.74. The van der Waals surface area contributed by atoms with Crippen molar-refractivity contribution in [1.29, 1.82) is 0 Å². The first-order chi connectivity index (χ1) is 6.12. The van der Waals surface area contributed by atoms with Crippen LogP contribution in [0.3, 0.4) is 0 Å². The van der Waals surface area contributed by atoms with Crippen LogP contribution in [0.25, 0.3) is 0 Å².